The Morgan fingerprint density at radius 2 is 0.779 bits per heavy atom. The summed E-state index contributed by atoms with van der Waals surface area (Å²) in [5.41, 5.74) is 0. The van der Waals surface area contributed by atoms with Crippen molar-refractivity contribution >= 4 is 23.9 Å². The third-order valence-electron chi connectivity index (χ3n) is 14.7. The molecule has 0 bridgehead atoms. The monoisotopic (exact) mass is 1090 g/mol. The van der Waals surface area contributed by atoms with Crippen LogP contribution in [-0.4, -0.2) is 89.2 Å². The molecule has 1 saturated heterocycles. The molecule has 12 heteroatoms. The Balaban J connectivity index is 2.66. The van der Waals surface area contributed by atoms with Crippen LogP contribution in [0, 0.1) is 0 Å². The van der Waals surface area contributed by atoms with Gasteiger partial charge >= 0.3 is 23.9 Å². The van der Waals surface area contributed by atoms with Crippen molar-refractivity contribution in [1.82, 2.24) is 0 Å². The first kappa shape index (κ1) is 72.0. The molecular formula is C65H116O12. The van der Waals surface area contributed by atoms with E-state index >= 15 is 0 Å². The van der Waals surface area contributed by atoms with Crippen molar-refractivity contribution in [2.75, 3.05) is 13.2 Å². The average Bonchev–Trinajstić information content (AvgIpc) is 3.43. The molecule has 12 nitrogen and oxygen atoms in total. The smallest absolute Gasteiger partial charge is 0.335 e. The molecule has 1 heterocycles. The molecule has 0 spiro atoms. The van der Waals surface area contributed by atoms with Gasteiger partial charge in [0.25, 0.3) is 0 Å². The summed E-state index contributed by atoms with van der Waals surface area (Å²) in [6.07, 6.45) is 51.0. The van der Waals surface area contributed by atoms with Crippen molar-refractivity contribution in [1.29, 1.82) is 0 Å². The molecule has 0 radical (unpaired) electrons. The van der Waals surface area contributed by atoms with E-state index in [-0.39, 0.29) is 25.9 Å². The molecule has 77 heavy (non-hydrogen) atoms. The van der Waals surface area contributed by atoms with E-state index in [0.717, 1.165) is 116 Å². The molecule has 1 fully saturated rings. The Kier molecular flexibility index (Phi) is 50.1. The normalized spacial score (nSPS) is 18.2. The number of carbonyl (C=O) groups is 4. The second-order valence-corrected chi connectivity index (χ2v) is 22.0. The molecule has 1 aliphatic rings. The van der Waals surface area contributed by atoms with Crippen molar-refractivity contribution in [3.8, 4) is 0 Å². The lowest BCUT2D eigenvalue weighted by Crippen LogP contribution is -2.61. The Morgan fingerprint density at radius 1 is 0.429 bits per heavy atom. The fourth-order valence-electron chi connectivity index (χ4n) is 9.75. The molecule has 0 saturated carbocycles. The highest BCUT2D eigenvalue weighted by molar-refractivity contribution is 5.74. The molecule has 6 atom stereocenters. The Bertz CT molecular complexity index is 1480. The van der Waals surface area contributed by atoms with Crippen LogP contribution in [0.15, 0.2) is 36.5 Å². The zero-order valence-electron chi connectivity index (χ0n) is 49.5. The number of carboxylic acid groups (broad SMARTS) is 1. The first-order valence-electron chi connectivity index (χ1n) is 32.0. The molecule has 0 aliphatic carbocycles. The number of hydrogen-bond acceptors (Lipinski definition) is 11. The van der Waals surface area contributed by atoms with E-state index in [1.807, 2.05) is 0 Å². The first-order chi connectivity index (χ1) is 37.6. The topological polar surface area (TPSA) is 175 Å². The van der Waals surface area contributed by atoms with Gasteiger partial charge in [0.05, 0.1) is 6.61 Å². The Labute approximate surface area is 470 Å². The van der Waals surface area contributed by atoms with Crippen molar-refractivity contribution in [3.63, 3.8) is 0 Å². The number of aliphatic hydroxyl groups is 2. The van der Waals surface area contributed by atoms with Crippen LogP contribution >= 0.6 is 0 Å². The number of aliphatic carboxylic acids is 1. The van der Waals surface area contributed by atoms with E-state index in [1.54, 1.807) is 0 Å². The van der Waals surface area contributed by atoms with Crippen LogP contribution in [0.3, 0.4) is 0 Å². The Hall–Kier alpha value is -3.06. The molecule has 1 rings (SSSR count). The predicted molar refractivity (Wildman–Crippen MR) is 313 cm³/mol. The maximum absolute atomic E-state index is 13.2. The number of unbranched alkanes of at least 4 members (excludes halogenated alkanes) is 35. The maximum atomic E-state index is 13.2. The highest BCUT2D eigenvalue weighted by Crippen LogP contribution is 2.27. The zero-order chi connectivity index (χ0) is 56.1. The lowest BCUT2D eigenvalue weighted by molar-refractivity contribution is -0.301. The number of ether oxygens (including phenoxy) is 5. The molecule has 3 N–H and O–H groups in total. The van der Waals surface area contributed by atoms with E-state index in [1.165, 1.54) is 128 Å². The molecule has 448 valence electrons. The van der Waals surface area contributed by atoms with E-state index in [0.29, 0.717) is 19.3 Å². The summed E-state index contributed by atoms with van der Waals surface area (Å²) in [5, 5.41) is 31.6. The number of carboxylic acids is 1. The van der Waals surface area contributed by atoms with Gasteiger partial charge in [-0.05, 0) is 77.0 Å². The molecule has 0 aromatic rings. The van der Waals surface area contributed by atoms with Gasteiger partial charge in [0, 0.05) is 19.3 Å². The van der Waals surface area contributed by atoms with E-state index in [4.69, 9.17) is 23.7 Å². The zero-order valence-corrected chi connectivity index (χ0v) is 49.5. The number of aliphatic hydroxyl groups excluding tert-OH is 2. The minimum Gasteiger partial charge on any atom is -0.479 e. The van der Waals surface area contributed by atoms with Gasteiger partial charge in [0.15, 0.2) is 24.6 Å². The average molecular weight is 1090 g/mol. The number of esters is 3. The van der Waals surface area contributed by atoms with Crippen molar-refractivity contribution in [3.05, 3.63) is 36.5 Å². The summed E-state index contributed by atoms with van der Waals surface area (Å²) >= 11 is 0. The lowest BCUT2D eigenvalue weighted by atomic mass is 9.98. The fraction of sp³-hybridized carbons (Fsp3) is 0.846. The Morgan fingerprint density at radius 3 is 1.21 bits per heavy atom. The SMILES string of the molecule is CCCCC/C=C\C/C=C\CCCCCCCCCC(=O)OC1C(OCC(COC(=O)CCCCCCC/C=C\CCCCCCCC)OC(=O)CCCCCCCCCCCCCCCCC)OC(C(=O)O)C(O)C1O. The molecule has 1 aliphatic heterocycles. The molecular weight excluding hydrogens is 973 g/mol. The standard InChI is InChI=1S/C65H116O12/c1-4-7-10-13-16-19-22-25-28-29-32-35-38-41-44-47-50-53-59(68)76-63-61(70)60(69)62(64(71)72)77-65(63)74-55-56(75-58(67)52-49-46-43-40-37-34-31-27-24-21-18-15-12-9-6-3)54-73-57(66)51-48-45-42-39-36-33-30-26-23-20-17-14-11-8-5-2/h16,19,25-26,28,30,56,60-63,65,69-70H,4-15,17-18,20-24,27,29,31-55H2,1-3H3,(H,71,72)/b19-16-,28-25-,30-26-. The summed E-state index contributed by atoms with van der Waals surface area (Å²) in [7, 11) is 0. The quantitative estimate of drug-likeness (QED) is 0.0228. The van der Waals surface area contributed by atoms with E-state index in [2.05, 4.69) is 57.2 Å². The third kappa shape index (κ3) is 43.4. The first-order valence-corrected chi connectivity index (χ1v) is 32.0. The maximum Gasteiger partial charge on any atom is 0.335 e. The van der Waals surface area contributed by atoms with Crippen molar-refractivity contribution in [2.45, 2.75) is 340 Å². The van der Waals surface area contributed by atoms with Crippen molar-refractivity contribution < 1.29 is 58.2 Å². The summed E-state index contributed by atoms with van der Waals surface area (Å²) in [4.78, 5) is 51.2. The van der Waals surface area contributed by atoms with Crippen LogP contribution in [0.25, 0.3) is 0 Å². The lowest BCUT2D eigenvalue weighted by Gasteiger charge is -2.40. The third-order valence-corrected chi connectivity index (χ3v) is 14.7. The van der Waals surface area contributed by atoms with E-state index < -0.39 is 67.3 Å². The van der Waals surface area contributed by atoms with Crippen LogP contribution in [0.2, 0.25) is 0 Å². The largest absolute Gasteiger partial charge is 0.479 e. The van der Waals surface area contributed by atoms with Gasteiger partial charge in [-0.1, -0.05) is 243 Å². The van der Waals surface area contributed by atoms with Gasteiger partial charge in [0.2, 0.25) is 0 Å². The van der Waals surface area contributed by atoms with Crippen molar-refractivity contribution in [2.24, 2.45) is 0 Å². The highest BCUT2D eigenvalue weighted by atomic mass is 16.7. The van der Waals surface area contributed by atoms with Gasteiger partial charge < -0.3 is 39.0 Å². The van der Waals surface area contributed by atoms with Crippen LogP contribution < -0.4 is 0 Å². The fourth-order valence-corrected chi connectivity index (χ4v) is 9.75. The summed E-state index contributed by atoms with van der Waals surface area (Å²) in [6, 6.07) is 0. The van der Waals surface area contributed by atoms with Gasteiger partial charge in [-0.15, -0.1) is 0 Å². The second-order valence-electron chi connectivity index (χ2n) is 22.0. The van der Waals surface area contributed by atoms with Gasteiger partial charge in [0.1, 0.15) is 18.8 Å². The molecule has 0 aromatic carbocycles. The number of carbonyl (C=O) groups excluding carboxylic acids is 3. The molecule has 6 unspecified atom stereocenters. The second kappa shape index (κ2) is 53.6. The number of rotatable bonds is 55. The minimum atomic E-state index is -1.90. The highest BCUT2D eigenvalue weighted by Gasteiger charge is 2.50. The predicted octanol–water partition coefficient (Wildman–Crippen LogP) is 16.8. The number of allylic oxidation sites excluding steroid dienone is 6. The minimum absolute atomic E-state index is 0.0540. The molecule has 0 aromatic heterocycles. The number of hydrogen-bond donors (Lipinski definition) is 3. The van der Waals surface area contributed by atoms with E-state index in [9.17, 15) is 34.5 Å². The van der Waals surface area contributed by atoms with Gasteiger partial charge in [-0.2, -0.15) is 0 Å². The van der Waals surface area contributed by atoms with Crippen LogP contribution in [0.1, 0.15) is 303 Å². The summed E-state index contributed by atoms with van der Waals surface area (Å²) in [5.74, 6) is -3.11. The molecule has 0 amide bonds. The van der Waals surface area contributed by atoms with Crippen LogP contribution in [0.4, 0.5) is 0 Å². The van der Waals surface area contributed by atoms with Gasteiger partial charge in [-0.3, -0.25) is 14.4 Å². The van der Waals surface area contributed by atoms with Gasteiger partial charge in [-0.25, -0.2) is 4.79 Å². The van der Waals surface area contributed by atoms with Crippen LogP contribution in [0.5, 0.6) is 0 Å². The summed E-state index contributed by atoms with van der Waals surface area (Å²) < 4.78 is 28.5. The summed E-state index contributed by atoms with van der Waals surface area (Å²) in [6.45, 7) is 5.99. The van der Waals surface area contributed by atoms with Crippen LogP contribution in [-0.2, 0) is 42.9 Å².